The molecule has 0 fully saturated rings. The van der Waals surface area contributed by atoms with Crippen molar-refractivity contribution in [2.75, 3.05) is 9.80 Å². The van der Waals surface area contributed by atoms with Gasteiger partial charge >= 0.3 is 0 Å². The maximum Gasteiger partial charge on any atom is 0.262 e. The molecule has 0 bridgehead atoms. The molecule has 1 atom stereocenters. The molecule has 0 radical (unpaired) electrons. The lowest BCUT2D eigenvalue weighted by molar-refractivity contribution is 0.0968. The standard InChI is InChI=1S/C29H26N2O/c1-21-15-17-25(18-16-21)31-28(24-12-8-9-22(2)19-24)30(20-23-10-4-3-5-11-23)27-14-7-6-13-26(27)29(31)32/h3-19,28H,20H2,1-2H3/t28-/m0/s1. The van der Waals surface area contributed by atoms with Crippen LogP contribution in [0, 0.1) is 13.8 Å². The third kappa shape index (κ3) is 3.67. The van der Waals surface area contributed by atoms with Crippen LogP contribution in [0.4, 0.5) is 11.4 Å². The number of nitrogens with zero attached hydrogens (tertiary/aromatic N) is 2. The largest absolute Gasteiger partial charge is 0.342 e. The summed E-state index contributed by atoms with van der Waals surface area (Å²) in [6.45, 7) is 4.86. The Kier molecular flexibility index (Phi) is 5.24. The van der Waals surface area contributed by atoms with Gasteiger partial charge in [0.25, 0.3) is 5.91 Å². The quantitative estimate of drug-likeness (QED) is 0.369. The van der Waals surface area contributed by atoms with Crippen molar-refractivity contribution >= 4 is 17.3 Å². The Morgan fingerprint density at radius 1 is 0.719 bits per heavy atom. The van der Waals surface area contributed by atoms with Crippen molar-refractivity contribution < 1.29 is 4.79 Å². The van der Waals surface area contributed by atoms with Gasteiger partial charge in [-0.3, -0.25) is 9.69 Å². The van der Waals surface area contributed by atoms with E-state index in [1.807, 2.05) is 41.3 Å². The van der Waals surface area contributed by atoms with Gasteiger partial charge in [-0.1, -0.05) is 90.0 Å². The number of anilines is 2. The number of para-hydroxylation sites is 1. The summed E-state index contributed by atoms with van der Waals surface area (Å²) >= 11 is 0. The van der Waals surface area contributed by atoms with Crippen LogP contribution in [-0.2, 0) is 6.54 Å². The van der Waals surface area contributed by atoms with Crippen LogP contribution in [0.15, 0.2) is 103 Å². The minimum atomic E-state index is -0.250. The molecule has 0 saturated heterocycles. The molecule has 0 spiro atoms. The van der Waals surface area contributed by atoms with Gasteiger partial charge in [-0.05, 0) is 49.2 Å². The molecule has 3 heteroatoms. The van der Waals surface area contributed by atoms with E-state index in [4.69, 9.17) is 0 Å². The number of aryl methyl sites for hydroxylation is 2. The predicted octanol–water partition coefficient (Wildman–Crippen LogP) is 6.67. The molecular formula is C29H26N2O. The van der Waals surface area contributed by atoms with Gasteiger partial charge in [0.2, 0.25) is 0 Å². The third-order valence-electron chi connectivity index (χ3n) is 6.05. The van der Waals surface area contributed by atoms with Crippen LogP contribution >= 0.6 is 0 Å². The highest BCUT2D eigenvalue weighted by atomic mass is 16.2. The van der Waals surface area contributed by atoms with Crippen molar-refractivity contribution in [1.29, 1.82) is 0 Å². The molecule has 3 nitrogen and oxygen atoms in total. The highest BCUT2D eigenvalue weighted by Crippen LogP contribution is 2.42. The fourth-order valence-electron chi connectivity index (χ4n) is 4.49. The lowest BCUT2D eigenvalue weighted by atomic mass is 9.98. The van der Waals surface area contributed by atoms with Gasteiger partial charge in [0.15, 0.2) is 0 Å². The summed E-state index contributed by atoms with van der Waals surface area (Å²) in [6, 6.07) is 35.1. The lowest BCUT2D eigenvalue weighted by Crippen LogP contribution is -2.49. The van der Waals surface area contributed by atoms with Crippen molar-refractivity contribution in [2.45, 2.75) is 26.6 Å². The first-order chi connectivity index (χ1) is 15.6. The summed E-state index contributed by atoms with van der Waals surface area (Å²) in [5.41, 5.74) is 7.26. The summed E-state index contributed by atoms with van der Waals surface area (Å²) in [6.07, 6.45) is -0.250. The Labute approximate surface area is 189 Å². The van der Waals surface area contributed by atoms with Gasteiger partial charge in [0.05, 0.1) is 11.3 Å². The van der Waals surface area contributed by atoms with Gasteiger partial charge in [0.1, 0.15) is 6.17 Å². The van der Waals surface area contributed by atoms with Crippen molar-refractivity contribution in [3.63, 3.8) is 0 Å². The lowest BCUT2D eigenvalue weighted by Gasteiger charge is -2.46. The molecule has 0 N–H and O–H groups in total. The molecular weight excluding hydrogens is 392 g/mol. The first kappa shape index (κ1) is 20.1. The van der Waals surface area contributed by atoms with E-state index in [2.05, 4.69) is 85.5 Å². The van der Waals surface area contributed by atoms with Gasteiger partial charge in [-0.2, -0.15) is 0 Å². The highest BCUT2D eigenvalue weighted by molar-refractivity contribution is 6.12. The third-order valence-corrected chi connectivity index (χ3v) is 6.05. The van der Waals surface area contributed by atoms with E-state index in [0.29, 0.717) is 6.54 Å². The first-order valence-electron chi connectivity index (χ1n) is 11.0. The summed E-state index contributed by atoms with van der Waals surface area (Å²) in [4.78, 5) is 18.2. The van der Waals surface area contributed by atoms with E-state index in [-0.39, 0.29) is 12.1 Å². The molecule has 5 rings (SSSR count). The Balaban J connectivity index is 1.73. The number of benzene rings is 4. The summed E-state index contributed by atoms with van der Waals surface area (Å²) < 4.78 is 0. The summed E-state index contributed by atoms with van der Waals surface area (Å²) in [7, 11) is 0. The van der Waals surface area contributed by atoms with E-state index in [1.54, 1.807) is 0 Å². The number of carbonyl (C=O) groups excluding carboxylic acids is 1. The van der Waals surface area contributed by atoms with Crippen molar-refractivity contribution in [3.05, 3.63) is 131 Å². The molecule has 32 heavy (non-hydrogen) atoms. The molecule has 1 aliphatic heterocycles. The van der Waals surface area contributed by atoms with Gasteiger partial charge < -0.3 is 4.90 Å². The SMILES string of the molecule is Cc1ccc(N2C(=O)c3ccccc3N(Cc3ccccc3)[C@@H]2c2cccc(C)c2)cc1. The van der Waals surface area contributed by atoms with Crippen LogP contribution < -0.4 is 9.80 Å². The Hall–Kier alpha value is -3.85. The first-order valence-corrected chi connectivity index (χ1v) is 11.0. The van der Waals surface area contributed by atoms with Crippen molar-refractivity contribution in [2.24, 2.45) is 0 Å². The zero-order valence-corrected chi connectivity index (χ0v) is 18.4. The maximum absolute atomic E-state index is 13.9. The predicted molar refractivity (Wildman–Crippen MR) is 131 cm³/mol. The van der Waals surface area contributed by atoms with E-state index >= 15 is 0 Å². The van der Waals surface area contributed by atoms with Crippen molar-refractivity contribution in [1.82, 2.24) is 0 Å². The molecule has 0 aromatic heterocycles. The fraction of sp³-hybridized carbons (Fsp3) is 0.138. The minimum absolute atomic E-state index is 0.0280. The number of hydrogen-bond acceptors (Lipinski definition) is 2. The Morgan fingerprint density at radius 2 is 1.44 bits per heavy atom. The normalized spacial score (nSPS) is 15.6. The second-order valence-electron chi connectivity index (χ2n) is 8.43. The molecule has 1 heterocycles. The van der Waals surface area contributed by atoms with Gasteiger partial charge in [-0.15, -0.1) is 0 Å². The van der Waals surface area contributed by atoms with Crippen LogP contribution in [0.3, 0.4) is 0 Å². The van der Waals surface area contributed by atoms with Gasteiger partial charge in [0, 0.05) is 12.2 Å². The molecule has 0 aliphatic carbocycles. The molecule has 1 aliphatic rings. The average molecular weight is 419 g/mol. The second kappa shape index (κ2) is 8.35. The van der Waals surface area contributed by atoms with Crippen LogP contribution in [0.25, 0.3) is 0 Å². The van der Waals surface area contributed by atoms with Crippen LogP contribution in [0.2, 0.25) is 0 Å². The summed E-state index contributed by atoms with van der Waals surface area (Å²) in [5.74, 6) is 0.0280. The zero-order valence-electron chi connectivity index (χ0n) is 18.4. The molecule has 158 valence electrons. The van der Waals surface area contributed by atoms with E-state index in [1.165, 1.54) is 16.7 Å². The highest BCUT2D eigenvalue weighted by Gasteiger charge is 2.39. The van der Waals surface area contributed by atoms with E-state index in [0.717, 1.165) is 22.5 Å². The molecule has 0 unspecified atom stereocenters. The number of rotatable bonds is 4. The van der Waals surface area contributed by atoms with E-state index in [9.17, 15) is 4.79 Å². The Morgan fingerprint density at radius 3 is 2.19 bits per heavy atom. The smallest absolute Gasteiger partial charge is 0.262 e. The number of fused-ring (bicyclic) bond motifs is 1. The van der Waals surface area contributed by atoms with E-state index < -0.39 is 0 Å². The van der Waals surface area contributed by atoms with Crippen molar-refractivity contribution in [3.8, 4) is 0 Å². The number of carbonyl (C=O) groups is 1. The van der Waals surface area contributed by atoms with Crippen LogP contribution in [-0.4, -0.2) is 5.91 Å². The minimum Gasteiger partial charge on any atom is -0.342 e. The second-order valence-corrected chi connectivity index (χ2v) is 8.43. The molecule has 4 aromatic carbocycles. The summed E-state index contributed by atoms with van der Waals surface area (Å²) in [5, 5.41) is 0. The molecule has 4 aromatic rings. The average Bonchev–Trinajstić information content (AvgIpc) is 2.82. The topological polar surface area (TPSA) is 23.6 Å². The molecule has 0 saturated carbocycles. The zero-order chi connectivity index (χ0) is 22.1. The Bertz CT molecular complexity index is 1250. The molecule has 1 amide bonds. The number of hydrogen-bond donors (Lipinski definition) is 0. The monoisotopic (exact) mass is 418 g/mol. The fourth-order valence-corrected chi connectivity index (χ4v) is 4.49. The van der Waals surface area contributed by atoms with Crippen LogP contribution in [0.1, 0.15) is 38.8 Å². The van der Waals surface area contributed by atoms with Crippen LogP contribution in [0.5, 0.6) is 0 Å². The maximum atomic E-state index is 13.9. The number of amides is 1. The van der Waals surface area contributed by atoms with Gasteiger partial charge in [-0.25, -0.2) is 0 Å².